The van der Waals surface area contributed by atoms with E-state index < -0.39 is 0 Å². The van der Waals surface area contributed by atoms with Crippen LogP contribution in [0.5, 0.6) is 5.75 Å². The second-order valence-corrected chi connectivity index (χ2v) is 13.9. The van der Waals surface area contributed by atoms with Gasteiger partial charge in [-0.1, -0.05) is 167 Å². The number of anilines is 2. The molecule has 4 atom stereocenters. The summed E-state index contributed by atoms with van der Waals surface area (Å²) in [5, 5.41) is 7.94. The van der Waals surface area contributed by atoms with Crippen molar-refractivity contribution in [3.05, 3.63) is 196 Å². The van der Waals surface area contributed by atoms with Crippen molar-refractivity contribution in [2.24, 2.45) is 0 Å². The van der Waals surface area contributed by atoms with Gasteiger partial charge in [0, 0.05) is 48.1 Å². The number of benzene rings is 6. The molecular formula is C48H52N2O. The number of ether oxygens (including phenoxy) is 1. The van der Waals surface area contributed by atoms with Crippen LogP contribution in [0, 0.1) is 6.92 Å². The Morgan fingerprint density at radius 3 is 0.980 bits per heavy atom. The summed E-state index contributed by atoms with van der Waals surface area (Å²) in [4.78, 5) is 0. The van der Waals surface area contributed by atoms with Crippen LogP contribution in [0.2, 0.25) is 0 Å². The Balaban J connectivity index is 1.36. The lowest BCUT2D eigenvalue weighted by Gasteiger charge is -2.27. The van der Waals surface area contributed by atoms with Gasteiger partial charge in [0.2, 0.25) is 0 Å². The van der Waals surface area contributed by atoms with Crippen LogP contribution in [-0.4, -0.2) is 20.2 Å². The molecule has 6 aromatic rings. The number of nitrogens with one attached hydrogen (secondary N) is 2. The van der Waals surface area contributed by atoms with Crippen LogP contribution in [0.1, 0.15) is 101 Å². The zero-order valence-corrected chi connectivity index (χ0v) is 31.0. The van der Waals surface area contributed by atoms with Crippen LogP contribution in [0.15, 0.2) is 146 Å². The molecule has 0 aliphatic heterocycles. The monoisotopic (exact) mass is 672 g/mol. The fourth-order valence-corrected chi connectivity index (χ4v) is 7.45. The number of hydrogen-bond donors (Lipinski definition) is 2. The predicted octanol–water partition coefficient (Wildman–Crippen LogP) is 12.1. The lowest BCUT2D eigenvalue weighted by molar-refractivity contribution is 0.413. The molecule has 0 radical (unpaired) electrons. The summed E-state index contributed by atoms with van der Waals surface area (Å²) >= 11 is 0. The van der Waals surface area contributed by atoms with Crippen LogP contribution in [0.4, 0.5) is 11.4 Å². The van der Waals surface area contributed by atoms with Gasteiger partial charge in [-0.3, -0.25) is 0 Å². The Labute approximate surface area is 305 Å². The molecule has 3 nitrogen and oxygen atoms in total. The highest BCUT2D eigenvalue weighted by Gasteiger charge is 2.23. The topological polar surface area (TPSA) is 33.3 Å². The average molecular weight is 673 g/mol. The van der Waals surface area contributed by atoms with Gasteiger partial charge < -0.3 is 15.4 Å². The van der Waals surface area contributed by atoms with E-state index in [1.54, 1.807) is 7.11 Å². The van der Waals surface area contributed by atoms with Crippen LogP contribution < -0.4 is 15.4 Å². The van der Waals surface area contributed by atoms with Gasteiger partial charge in [-0.25, -0.2) is 0 Å². The first-order chi connectivity index (χ1) is 24.9. The first-order valence-electron chi connectivity index (χ1n) is 18.4. The van der Waals surface area contributed by atoms with Crippen molar-refractivity contribution in [1.29, 1.82) is 0 Å². The summed E-state index contributed by atoms with van der Waals surface area (Å²) in [6, 6.07) is 52.5. The molecule has 0 bridgehead atoms. The van der Waals surface area contributed by atoms with E-state index in [-0.39, 0.29) is 23.7 Å². The highest BCUT2D eigenvalue weighted by molar-refractivity contribution is 5.67. The number of hydrogen-bond acceptors (Lipinski definition) is 3. The van der Waals surface area contributed by atoms with Crippen molar-refractivity contribution in [1.82, 2.24) is 0 Å². The van der Waals surface area contributed by atoms with E-state index in [9.17, 15) is 0 Å². The maximum atomic E-state index is 5.92. The molecular weight excluding hydrogens is 621 g/mol. The van der Waals surface area contributed by atoms with Crippen molar-refractivity contribution >= 4 is 11.4 Å². The minimum Gasteiger partial charge on any atom is -0.497 e. The van der Waals surface area contributed by atoms with Gasteiger partial charge in [0.25, 0.3) is 0 Å². The molecule has 0 saturated carbocycles. The average Bonchev–Trinajstić information content (AvgIpc) is 3.19. The Kier molecular flexibility index (Phi) is 11.6. The van der Waals surface area contributed by atoms with E-state index in [0.29, 0.717) is 0 Å². The molecule has 3 heteroatoms. The summed E-state index contributed by atoms with van der Waals surface area (Å²) < 4.78 is 5.92. The maximum Gasteiger partial charge on any atom is 0.119 e. The minimum atomic E-state index is 0.173. The highest BCUT2D eigenvalue weighted by Crippen LogP contribution is 2.42. The van der Waals surface area contributed by atoms with Crippen molar-refractivity contribution in [2.45, 2.75) is 58.3 Å². The summed E-state index contributed by atoms with van der Waals surface area (Å²) in [5.74, 6) is 1.70. The fraction of sp³-hybridized carbons (Fsp3) is 0.250. The SMILES string of the molecule is COc1cc([C@H](C)c2ccccc2)c(NCCNc2c([C@H](C)c3ccccc3)cc(C)cc2[C@H](C)c2ccccc2)c([C@H](C)c2ccccc2)c1. The first-order valence-corrected chi connectivity index (χ1v) is 18.4. The molecule has 0 heterocycles. The smallest absolute Gasteiger partial charge is 0.119 e. The summed E-state index contributed by atoms with van der Waals surface area (Å²) in [7, 11) is 1.77. The molecule has 260 valence electrons. The molecule has 0 amide bonds. The summed E-state index contributed by atoms with van der Waals surface area (Å²) in [5.41, 5.74) is 14.1. The van der Waals surface area contributed by atoms with Crippen LogP contribution in [0.3, 0.4) is 0 Å². The zero-order valence-electron chi connectivity index (χ0n) is 31.0. The van der Waals surface area contributed by atoms with Gasteiger partial charge in [0.15, 0.2) is 0 Å². The molecule has 0 unspecified atom stereocenters. The standard InChI is InChI=1S/C48H52N2O/c1-33-29-43(34(2)38-19-11-7-12-20-38)47(44(30-33)35(3)39-21-13-8-14-22-39)49-27-28-50-48-45(36(4)40-23-15-9-16-24-40)31-42(51-6)32-46(48)37(5)41-25-17-10-18-26-41/h7-26,29-32,34-37,49-50H,27-28H2,1-6H3/t34-,35-,36-,37-/m1/s1. The van der Waals surface area contributed by atoms with Gasteiger partial charge in [0.05, 0.1) is 7.11 Å². The quantitative estimate of drug-likeness (QED) is 0.113. The highest BCUT2D eigenvalue weighted by atomic mass is 16.5. The van der Waals surface area contributed by atoms with Crippen molar-refractivity contribution in [2.75, 3.05) is 30.8 Å². The lowest BCUT2D eigenvalue weighted by atomic mass is 9.84. The predicted molar refractivity (Wildman–Crippen MR) is 217 cm³/mol. The molecule has 6 rings (SSSR count). The number of rotatable bonds is 14. The molecule has 2 N–H and O–H groups in total. The van der Waals surface area contributed by atoms with Gasteiger partial charge >= 0.3 is 0 Å². The lowest BCUT2D eigenvalue weighted by Crippen LogP contribution is -2.19. The van der Waals surface area contributed by atoms with E-state index in [2.05, 4.69) is 191 Å². The van der Waals surface area contributed by atoms with Crippen LogP contribution in [-0.2, 0) is 0 Å². The van der Waals surface area contributed by atoms with E-state index in [1.807, 2.05) is 0 Å². The third kappa shape index (κ3) is 8.21. The number of methoxy groups -OCH3 is 1. The van der Waals surface area contributed by atoms with Gasteiger partial charge in [-0.2, -0.15) is 0 Å². The number of aryl methyl sites for hydroxylation is 1. The van der Waals surface area contributed by atoms with E-state index >= 15 is 0 Å². The van der Waals surface area contributed by atoms with Crippen molar-refractivity contribution in [3.8, 4) is 5.75 Å². The van der Waals surface area contributed by atoms with Crippen molar-refractivity contribution in [3.63, 3.8) is 0 Å². The molecule has 0 aromatic heterocycles. The Hall–Kier alpha value is -5.28. The second-order valence-electron chi connectivity index (χ2n) is 13.9. The van der Waals surface area contributed by atoms with Crippen LogP contribution in [0.25, 0.3) is 0 Å². The third-order valence-corrected chi connectivity index (χ3v) is 10.5. The molecule has 0 fully saturated rings. The Morgan fingerprint density at radius 1 is 0.431 bits per heavy atom. The molecule has 0 spiro atoms. The van der Waals surface area contributed by atoms with Gasteiger partial charge in [-0.05, 0) is 63.6 Å². The first kappa shape index (κ1) is 35.5. The molecule has 0 saturated heterocycles. The van der Waals surface area contributed by atoms with E-state index in [4.69, 9.17) is 4.74 Å². The fourth-order valence-electron chi connectivity index (χ4n) is 7.45. The third-order valence-electron chi connectivity index (χ3n) is 10.5. The largest absolute Gasteiger partial charge is 0.497 e. The minimum absolute atomic E-state index is 0.173. The summed E-state index contributed by atoms with van der Waals surface area (Å²) in [6.07, 6.45) is 0. The molecule has 51 heavy (non-hydrogen) atoms. The zero-order chi connectivity index (χ0) is 35.7. The molecule has 6 aromatic carbocycles. The Bertz CT molecular complexity index is 1860. The second kappa shape index (κ2) is 16.6. The van der Waals surface area contributed by atoms with Crippen LogP contribution >= 0.6 is 0 Å². The molecule has 0 aliphatic rings. The van der Waals surface area contributed by atoms with Gasteiger partial charge in [-0.15, -0.1) is 0 Å². The van der Waals surface area contributed by atoms with Gasteiger partial charge in [0.1, 0.15) is 5.75 Å². The summed E-state index contributed by atoms with van der Waals surface area (Å²) in [6.45, 7) is 13.0. The van der Waals surface area contributed by atoms with E-state index in [1.165, 1.54) is 61.4 Å². The van der Waals surface area contributed by atoms with Crippen molar-refractivity contribution < 1.29 is 4.74 Å². The molecule has 0 aliphatic carbocycles. The maximum absolute atomic E-state index is 5.92. The normalized spacial score (nSPS) is 13.5. The van der Waals surface area contributed by atoms with E-state index in [0.717, 1.165) is 18.8 Å². The Morgan fingerprint density at radius 2 is 0.706 bits per heavy atom.